The number of nitrogens with zero attached hydrogens (tertiary/aromatic N) is 3. The third-order valence-corrected chi connectivity index (χ3v) is 7.69. The number of aromatic nitrogens is 2. The number of amides is 1. The lowest BCUT2D eigenvalue weighted by Gasteiger charge is -2.39. The molecule has 0 aliphatic carbocycles. The number of carbonyl (C=O) groups excluding carboxylic acids is 1. The summed E-state index contributed by atoms with van der Waals surface area (Å²) in [5, 5.41) is 15.9. The number of para-hydroxylation sites is 1. The van der Waals surface area contributed by atoms with Gasteiger partial charge in [-0.15, -0.1) is 0 Å². The molecule has 2 aliphatic heterocycles. The van der Waals surface area contributed by atoms with E-state index in [1.165, 1.54) is 24.4 Å². The minimum atomic E-state index is -0.989. The Morgan fingerprint density at radius 2 is 1.92 bits per heavy atom. The number of benzene rings is 2. The third-order valence-electron chi connectivity index (χ3n) is 7.38. The van der Waals surface area contributed by atoms with Crippen molar-refractivity contribution in [2.75, 3.05) is 41.8 Å². The van der Waals surface area contributed by atoms with E-state index in [1.807, 2.05) is 35.2 Å². The first-order valence-corrected chi connectivity index (χ1v) is 13.3. The van der Waals surface area contributed by atoms with Crippen LogP contribution in [0.15, 0.2) is 54.7 Å². The van der Waals surface area contributed by atoms with Gasteiger partial charge in [0.05, 0.1) is 22.2 Å². The highest BCUT2D eigenvalue weighted by molar-refractivity contribution is 6.34. The lowest BCUT2D eigenvalue weighted by atomic mass is 9.73. The SMILES string of the molecule is O=C(Nc1c(F)cccc1Cl)c1cnc(N2CCC(C(=O)O)(c3ccccc3)CC2)nc1NCC1CCCO1. The van der Waals surface area contributed by atoms with E-state index < -0.39 is 23.1 Å². The van der Waals surface area contributed by atoms with E-state index >= 15 is 0 Å². The Morgan fingerprint density at radius 3 is 2.59 bits per heavy atom. The van der Waals surface area contributed by atoms with Gasteiger partial charge in [-0.1, -0.05) is 48.0 Å². The number of nitrogens with one attached hydrogen (secondary N) is 2. The predicted octanol–water partition coefficient (Wildman–Crippen LogP) is 4.74. The van der Waals surface area contributed by atoms with Crippen LogP contribution in [-0.2, 0) is 14.9 Å². The highest BCUT2D eigenvalue weighted by atomic mass is 35.5. The van der Waals surface area contributed by atoms with Crippen molar-refractivity contribution in [3.05, 3.63) is 76.7 Å². The molecule has 0 spiro atoms. The van der Waals surface area contributed by atoms with E-state index in [0.29, 0.717) is 45.0 Å². The molecule has 3 N–H and O–H groups in total. The number of hydrogen-bond acceptors (Lipinski definition) is 7. The van der Waals surface area contributed by atoms with Gasteiger partial charge in [-0.25, -0.2) is 9.37 Å². The normalized spacial score (nSPS) is 18.5. The van der Waals surface area contributed by atoms with Gasteiger partial charge in [0.15, 0.2) is 0 Å². The molecule has 2 aliphatic rings. The maximum Gasteiger partial charge on any atom is 0.314 e. The fraction of sp³-hybridized carbons (Fsp3) is 0.357. The van der Waals surface area contributed by atoms with Crippen molar-refractivity contribution in [3.63, 3.8) is 0 Å². The van der Waals surface area contributed by atoms with Gasteiger partial charge in [0, 0.05) is 32.4 Å². The zero-order chi connectivity index (χ0) is 27.4. The van der Waals surface area contributed by atoms with E-state index in [1.54, 1.807) is 0 Å². The summed E-state index contributed by atoms with van der Waals surface area (Å²) < 4.78 is 20.0. The number of aliphatic carboxylic acids is 1. The second-order valence-corrected chi connectivity index (χ2v) is 10.1. The average Bonchev–Trinajstić information content (AvgIpc) is 3.48. The molecule has 3 aromatic rings. The third kappa shape index (κ3) is 5.67. The van der Waals surface area contributed by atoms with Gasteiger partial charge < -0.3 is 25.4 Å². The van der Waals surface area contributed by atoms with Gasteiger partial charge in [-0.3, -0.25) is 9.59 Å². The van der Waals surface area contributed by atoms with E-state index in [2.05, 4.69) is 20.6 Å². The van der Waals surface area contributed by atoms with Crippen molar-refractivity contribution in [3.8, 4) is 0 Å². The quantitative estimate of drug-likeness (QED) is 0.366. The van der Waals surface area contributed by atoms with Crippen LogP contribution in [0.4, 0.5) is 21.8 Å². The van der Waals surface area contributed by atoms with Gasteiger partial charge >= 0.3 is 5.97 Å². The fourth-order valence-corrected chi connectivity index (χ4v) is 5.32. The van der Waals surface area contributed by atoms with Crippen LogP contribution in [-0.4, -0.2) is 59.3 Å². The van der Waals surface area contributed by atoms with Crippen LogP contribution in [0.5, 0.6) is 0 Å². The van der Waals surface area contributed by atoms with Crippen LogP contribution in [0.3, 0.4) is 0 Å². The predicted molar refractivity (Wildman–Crippen MR) is 146 cm³/mol. The van der Waals surface area contributed by atoms with Crippen LogP contribution in [0, 0.1) is 5.82 Å². The minimum Gasteiger partial charge on any atom is -0.481 e. The summed E-state index contributed by atoms with van der Waals surface area (Å²) >= 11 is 6.10. The second kappa shape index (κ2) is 11.5. The molecule has 5 rings (SSSR count). The minimum absolute atomic E-state index is 0.0163. The van der Waals surface area contributed by atoms with E-state index in [9.17, 15) is 19.1 Å². The van der Waals surface area contributed by atoms with E-state index in [-0.39, 0.29) is 28.2 Å². The molecule has 39 heavy (non-hydrogen) atoms. The van der Waals surface area contributed by atoms with Crippen LogP contribution in [0.2, 0.25) is 5.02 Å². The molecule has 11 heteroatoms. The Kier molecular flexibility index (Phi) is 7.94. The zero-order valence-electron chi connectivity index (χ0n) is 21.2. The number of carboxylic acids is 1. The number of piperidine rings is 1. The van der Waals surface area contributed by atoms with Crippen molar-refractivity contribution in [2.45, 2.75) is 37.2 Å². The first kappa shape index (κ1) is 26.8. The summed E-state index contributed by atoms with van der Waals surface area (Å²) in [7, 11) is 0. The van der Waals surface area contributed by atoms with Crippen molar-refractivity contribution in [2.24, 2.45) is 0 Å². The summed E-state index contributed by atoms with van der Waals surface area (Å²) in [5.74, 6) is -1.48. The van der Waals surface area contributed by atoms with Gasteiger partial charge in [0.25, 0.3) is 5.91 Å². The lowest BCUT2D eigenvalue weighted by molar-refractivity contribution is -0.144. The maximum absolute atomic E-state index is 14.3. The Labute approximate surface area is 230 Å². The van der Waals surface area contributed by atoms with E-state index in [4.69, 9.17) is 16.3 Å². The summed E-state index contributed by atoms with van der Waals surface area (Å²) in [6.07, 6.45) is 3.98. The van der Waals surface area contributed by atoms with Gasteiger partial charge in [0.1, 0.15) is 17.2 Å². The highest BCUT2D eigenvalue weighted by Gasteiger charge is 2.43. The smallest absolute Gasteiger partial charge is 0.314 e. The van der Waals surface area contributed by atoms with Crippen LogP contribution >= 0.6 is 11.6 Å². The second-order valence-electron chi connectivity index (χ2n) is 9.74. The molecular formula is C28H29ClFN5O4. The van der Waals surface area contributed by atoms with Crippen molar-refractivity contribution >= 4 is 40.9 Å². The van der Waals surface area contributed by atoms with Crippen molar-refractivity contribution in [1.29, 1.82) is 0 Å². The van der Waals surface area contributed by atoms with Gasteiger partial charge in [-0.2, -0.15) is 4.98 Å². The zero-order valence-corrected chi connectivity index (χ0v) is 22.0. The average molecular weight is 554 g/mol. The topological polar surface area (TPSA) is 117 Å². The van der Waals surface area contributed by atoms with Gasteiger partial charge in [0.2, 0.25) is 5.95 Å². The number of halogens is 2. The first-order valence-electron chi connectivity index (χ1n) is 12.9. The summed E-state index contributed by atoms with van der Waals surface area (Å²) in [5.41, 5.74) is -0.217. The molecule has 1 unspecified atom stereocenters. The molecule has 0 bridgehead atoms. The summed E-state index contributed by atoms with van der Waals surface area (Å²) in [6, 6.07) is 13.4. The molecule has 9 nitrogen and oxygen atoms in total. The van der Waals surface area contributed by atoms with Crippen molar-refractivity contribution in [1.82, 2.24) is 9.97 Å². The molecule has 2 saturated heterocycles. The largest absolute Gasteiger partial charge is 0.481 e. The standard InChI is InChI=1S/C28H29ClFN5O4/c29-21-9-4-10-22(30)23(21)33-25(36)20-17-32-27(34-24(20)31-16-19-8-5-15-39-19)35-13-11-28(12-14-35,26(37)38)18-6-2-1-3-7-18/h1-4,6-7,9-10,17,19H,5,8,11-16H2,(H,33,36)(H,37,38)(H,31,32,34). The summed E-state index contributed by atoms with van der Waals surface area (Å²) in [6.45, 7) is 1.96. The Balaban J connectivity index is 1.38. The summed E-state index contributed by atoms with van der Waals surface area (Å²) in [4.78, 5) is 36.5. The molecule has 204 valence electrons. The van der Waals surface area contributed by atoms with Crippen molar-refractivity contribution < 1.29 is 23.8 Å². The highest BCUT2D eigenvalue weighted by Crippen LogP contribution is 2.37. The Bertz CT molecular complexity index is 1320. The first-order chi connectivity index (χ1) is 18.9. The molecule has 0 radical (unpaired) electrons. The van der Waals surface area contributed by atoms with Crippen LogP contribution < -0.4 is 15.5 Å². The Morgan fingerprint density at radius 1 is 1.15 bits per heavy atom. The molecule has 0 saturated carbocycles. The van der Waals surface area contributed by atoms with E-state index in [0.717, 1.165) is 18.4 Å². The number of hydrogen-bond donors (Lipinski definition) is 3. The molecule has 1 aromatic heterocycles. The number of anilines is 3. The van der Waals surface area contributed by atoms with Gasteiger partial charge in [-0.05, 0) is 43.4 Å². The molecule has 2 aromatic carbocycles. The lowest BCUT2D eigenvalue weighted by Crippen LogP contribution is -2.48. The fourth-order valence-electron chi connectivity index (χ4n) is 5.11. The molecule has 1 atom stereocenters. The van der Waals surface area contributed by atoms with Crippen LogP contribution in [0.1, 0.15) is 41.6 Å². The molecule has 2 fully saturated rings. The molecule has 1 amide bonds. The Hall–Kier alpha value is -3.76. The molecular weight excluding hydrogens is 525 g/mol. The maximum atomic E-state index is 14.3. The number of carboxylic acid groups (broad SMARTS) is 1. The molecule has 3 heterocycles. The number of ether oxygens (including phenoxy) is 1. The number of rotatable bonds is 8. The van der Waals surface area contributed by atoms with Crippen LogP contribution in [0.25, 0.3) is 0 Å². The number of carbonyl (C=O) groups is 2. The monoisotopic (exact) mass is 553 g/mol.